The Labute approximate surface area is 113 Å². The average molecular weight is 264 g/mol. The summed E-state index contributed by atoms with van der Waals surface area (Å²) in [6, 6.07) is 6.58. The van der Waals surface area contributed by atoms with Crippen molar-refractivity contribution in [3.8, 4) is 0 Å². The zero-order valence-corrected chi connectivity index (χ0v) is 11.5. The molecule has 1 aromatic rings. The summed E-state index contributed by atoms with van der Waals surface area (Å²) in [6.07, 6.45) is 1.92. The zero-order valence-electron chi connectivity index (χ0n) is 11.5. The lowest BCUT2D eigenvalue weighted by atomic mass is 10.0. The summed E-state index contributed by atoms with van der Waals surface area (Å²) in [5, 5.41) is 2.99. The third-order valence-electron chi connectivity index (χ3n) is 3.68. The Balaban J connectivity index is 1.87. The molecular formula is C15H21FN2O. The van der Waals surface area contributed by atoms with Gasteiger partial charge in [-0.15, -0.1) is 0 Å². The molecule has 0 aliphatic carbocycles. The third-order valence-corrected chi connectivity index (χ3v) is 3.68. The first kappa shape index (κ1) is 14.0. The fourth-order valence-electron chi connectivity index (χ4n) is 2.46. The Bertz CT molecular complexity index is 440. The number of halogens is 1. The van der Waals surface area contributed by atoms with Gasteiger partial charge in [-0.2, -0.15) is 0 Å². The maximum absolute atomic E-state index is 13.1. The molecule has 19 heavy (non-hydrogen) atoms. The van der Waals surface area contributed by atoms with E-state index in [9.17, 15) is 9.18 Å². The predicted octanol–water partition coefficient (Wildman–Crippen LogP) is 2.43. The van der Waals surface area contributed by atoms with E-state index in [2.05, 4.69) is 24.1 Å². The van der Waals surface area contributed by atoms with Crippen molar-refractivity contribution in [2.45, 2.75) is 38.8 Å². The largest absolute Gasteiger partial charge is 0.349 e. The molecule has 1 aliphatic heterocycles. The van der Waals surface area contributed by atoms with Gasteiger partial charge in [-0.25, -0.2) is 4.39 Å². The van der Waals surface area contributed by atoms with Crippen LogP contribution < -0.4 is 5.32 Å². The molecule has 1 fully saturated rings. The van der Waals surface area contributed by atoms with Crippen LogP contribution in [0.15, 0.2) is 24.3 Å². The van der Waals surface area contributed by atoms with Gasteiger partial charge in [0.05, 0.1) is 0 Å². The Kier molecular flexibility index (Phi) is 4.53. The summed E-state index contributed by atoms with van der Waals surface area (Å²) >= 11 is 0. The van der Waals surface area contributed by atoms with Crippen molar-refractivity contribution < 1.29 is 9.18 Å². The van der Waals surface area contributed by atoms with Gasteiger partial charge in [-0.1, -0.05) is 6.07 Å². The highest BCUT2D eigenvalue weighted by molar-refractivity contribution is 5.94. The Morgan fingerprint density at radius 1 is 1.37 bits per heavy atom. The molecule has 1 heterocycles. The van der Waals surface area contributed by atoms with Crippen LogP contribution in [0, 0.1) is 5.82 Å². The monoisotopic (exact) mass is 264 g/mol. The third kappa shape index (κ3) is 3.77. The van der Waals surface area contributed by atoms with E-state index < -0.39 is 0 Å². The first-order chi connectivity index (χ1) is 9.06. The predicted molar refractivity (Wildman–Crippen MR) is 73.6 cm³/mol. The van der Waals surface area contributed by atoms with E-state index in [0.717, 1.165) is 25.9 Å². The van der Waals surface area contributed by atoms with Crippen LogP contribution in [0.1, 0.15) is 37.0 Å². The summed E-state index contributed by atoms with van der Waals surface area (Å²) in [4.78, 5) is 14.4. The van der Waals surface area contributed by atoms with Gasteiger partial charge in [0.25, 0.3) is 5.91 Å². The van der Waals surface area contributed by atoms with E-state index in [1.165, 1.54) is 12.1 Å². The topological polar surface area (TPSA) is 32.3 Å². The van der Waals surface area contributed by atoms with Crippen LogP contribution in [-0.4, -0.2) is 36.0 Å². The highest BCUT2D eigenvalue weighted by Gasteiger charge is 2.22. The van der Waals surface area contributed by atoms with Crippen molar-refractivity contribution >= 4 is 5.91 Å². The van der Waals surface area contributed by atoms with Gasteiger partial charge in [0.1, 0.15) is 5.82 Å². The summed E-state index contributed by atoms with van der Waals surface area (Å²) in [6.45, 7) is 6.38. The van der Waals surface area contributed by atoms with Crippen LogP contribution in [0.2, 0.25) is 0 Å². The normalized spacial score (nSPS) is 17.7. The number of hydrogen-bond donors (Lipinski definition) is 1. The first-order valence-corrected chi connectivity index (χ1v) is 6.87. The summed E-state index contributed by atoms with van der Waals surface area (Å²) in [7, 11) is 0. The van der Waals surface area contributed by atoms with Gasteiger partial charge in [0.15, 0.2) is 0 Å². The molecule has 0 unspecified atom stereocenters. The van der Waals surface area contributed by atoms with E-state index in [4.69, 9.17) is 0 Å². The minimum Gasteiger partial charge on any atom is -0.349 e. The Hall–Kier alpha value is -1.42. The first-order valence-electron chi connectivity index (χ1n) is 6.87. The van der Waals surface area contributed by atoms with E-state index >= 15 is 0 Å². The molecule has 3 nitrogen and oxygen atoms in total. The highest BCUT2D eigenvalue weighted by atomic mass is 19.1. The van der Waals surface area contributed by atoms with Crippen molar-refractivity contribution in [3.05, 3.63) is 35.6 Å². The van der Waals surface area contributed by atoms with Gasteiger partial charge < -0.3 is 10.2 Å². The fourth-order valence-corrected chi connectivity index (χ4v) is 2.46. The van der Waals surface area contributed by atoms with Gasteiger partial charge >= 0.3 is 0 Å². The Morgan fingerprint density at radius 2 is 2.05 bits per heavy atom. The van der Waals surface area contributed by atoms with Crippen LogP contribution in [0.25, 0.3) is 0 Å². The standard InChI is InChI=1S/C15H21FN2O/c1-11(2)18-8-6-14(7-9-18)17-15(19)12-4-3-5-13(16)10-12/h3-5,10-11,14H,6-9H2,1-2H3,(H,17,19). The Morgan fingerprint density at radius 3 is 2.63 bits per heavy atom. The van der Waals surface area contributed by atoms with Gasteiger partial charge in [0.2, 0.25) is 0 Å². The summed E-state index contributed by atoms with van der Waals surface area (Å²) in [5.74, 6) is -0.551. The minimum atomic E-state index is -0.373. The maximum atomic E-state index is 13.1. The van der Waals surface area contributed by atoms with Crippen molar-refractivity contribution in [2.75, 3.05) is 13.1 Å². The number of piperidine rings is 1. The number of carbonyl (C=O) groups is 1. The molecule has 1 aliphatic rings. The maximum Gasteiger partial charge on any atom is 0.251 e. The molecule has 0 bridgehead atoms. The molecule has 2 rings (SSSR count). The summed E-state index contributed by atoms with van der Waals surface area (Å²) < 4.78 is 13.1. The van der Waals surface area contributed by atoms with Crippen LogP contribution in [0.4, 0.5) is 4.39 Å². The van der Waals surface area contributed by atoms with Crippen molar-refractivity contribution in [1.29, 1.82) is 0 Å². The van der Waals surface area contributed by atoms with Crippen LogP contribution in [0.5, 0.6) is 0 Å². The van der Waals surface area contributed by atoms with E-state index in [0.29, 0.717) is 11.6 Å². The highest BCUT2D eigenvalue weighted by Crippen LogP contribution is 2.13. The fraction of sp³-hybridized carbons (Fsp3) is 0.533. The second-order valence-corrected chi connectivity index (χ2v) is 5.39. The second-order valence-electron chi connectivity index (χ2n) is 5.39. The van der Waals surface area contributed by atoms with Gasteiger partial charge in [-0.3, -0.25) is 4.79 Å². The molecule has 1 N–H and O–H groups in total. The molecule has 0 radical (unpaired) electrons. The lowest BCUT2D eigenvalue weighted by Crippen LogP contribution is -2.46. The number of amides is 1. The zero-order chi connectivity index (χ0) is 13.8. The van der Waals surface area contributed by atoms with Crippen LogP contribution in [-0.2, 0) is 0 Å². The smallest absolute Gasteiger partial charge is 0.251 e. The molecule has 4 heteroatoms. The van der Waals surface area contributed by atoms with E-state index in [1.807, 2.05) is 0 Å². The number of nitrogens with zero attached hydrogens (tertiary/aromatic N) is 1. The average Bonchev–Trinajstić information content (AvgIpc) is 2.39. The lowest BCUT2D eigenvalue weighted by Gasteiger charge is -2.34. The van der Waals surface area contributed by atoms with Crippen LogP contribution in [0.3, 0.4) is 0 Å². The molecule has 1 amide bonds. The van der Waals surface area contributed by atoms with Crippen molar-refractivity contribution in [2.24, 2.45) is 0 Å². The summed E-state index contributed by atoms with van der Waals surface area (Å²) in [5.41, 5.74) is 0.395. The number of benzene rings is 1. The minimum absolute atomic E-state index is 0.178. The van der Waals surface area contributed by atoms with Crippen molar-refractivity contribution in [1.82, 2.24) is 10.2 Å². The van der Waals surface area contributed by atoms with Gasteiger partial charge in [-0.05, 0) is 44.9 Å². The molecule has 1 saturated heterocycles. The molecular weight excluding hydrogens is 243 g/mol. The quantitative estimate of drug-likeness (QED) is 0.909. The number of nitrogens with one attached hydrogen (secondary N) is 1. The van der Waals surface area contributed by atoms with Crippen molar-refractivity contribution in [3.63, 3.8) is 0 Å². The SMILES string of the molecule is CC(C)N1CCC(NC(=O)c2cccc(F)c2)CC1. The lowest BCUT2D eigenvalue weighted by molar-refractivity contribution is 0.0900. The molecule has 0 saturated carbocycles. The second kappa shape index (κ2) is 6.15. The number of rotatable bonds is 3. The number of hydrogen-bond acceptors (Lipinski definition) is 2. The van der Waals surface area contributed by atoms with E-state index in [-0.39, 0.29) is 17.8 Å². The molecule has 104 valence electrons. The molecule has 1 aromatic carbocycles. The number of likely N-dealkylation sites (tertiary alicyclic amines) is 1. The molecule has 0 atom stereocenters. The number of carbonyl (C=O) groups excluding carboxylic acids is 1. The van der Waals surface area contributed by atoms with Gasteiger partial charge in [0, 0.05) is 30.7 Å². The van der Waals surface area contributed by atoms with E-state index in [1.54, 1.807) is 12.1 Å². The molecule has 0 aromatic heterocycles. The van der Waals surface area contributed by atoms with Crippen LogP contribution >= 0.6 is 0 Å². The molecule has 0 spiro atoms.